The van der Waals surface area contributed by atoms with Gasteiger partial charge in [-0.1, -0.05) is 6.42 Å². The molecule has 0 radical (unpaired) electrons. The van der Waals surface area contributed by atoms with Gasteiger partial charge in [-0.25, -0.2) is 12.8 Å². The molecular formula is C29H33FN4O5S. The first kappa shape index (κ1) is 27.7. The third kappa shape index (κ3) is 6.48. The number of sulfonamides is 1. The molecule has 3 heterocycles. The maximum atomic E-state index is 15.0. The van der Waals surface area contributed by atoms with Crippen molar-refractivity contribution in [3.63, 3.8) is 0 Å². The van der Waals surface area contributed by atoms with E-state index in [4.69, 9.17) is 14.2 Å². The van der Waals surface area contributed by atoms with Crippen LogP contribution in [-0.4, -0.2) is 56.2 Å². The van der Waals surface area contributed by atoms with Crippen molar-refractivity contribution in [2.24, 2.45) is 7.05 Å². The van der Waals surface area contributed by atoms with E-state index in [9.17, 15) is 8.42 Å². The fraction of sp³-hybridized carbons (Fsp3) is 0.345. The summed E-state index contributed by atoms with van der Waals surface area (Å²) in [5.41, 5.74) is 0.689. The molecule has 0 unspecified atom stereocenters. The van der Waals surface area contributed by atoms with Gasteiger partial charge in [-0.05, 0) is 62.7 Å². The minimum atomic E-state index is -3.85. The van der Waals surface area contributed by atoms with E-state index in [1.165, 1.54) is 43.7 Å². The van der Waals surface area contributed by atoms with E-state index in [0.29, 0.717) is 34.8 Å². The number of ether oxygens (including phenoxy) is 3. The molecule has 1 saturated heterocycles. The molecule has 1 aliphatic heterocycles. The molecular weight excluding hydrogens is 535 g/mol. The quantitative estimate of drug-likeness (QED) is 0.237. The first-order chi connectivity index (χ1) is 19.3. The molecule has 0 aliphatic carbocycles. The van der Waals surface area contributed by atoms with Crippen molar-refractivity contribution in [2.75, 3.05) is 38.1 Å². The minimum Gasteiger partial charge on any atom is -0.493 e. The number of nitrogens with zero attached hydrogens (tertiary/aromatic N) is 3. The van der Waals surface area contributed by atoms with Crippen molar-refractivity contribution >= 4 is 26.6 Å². The first-order valence-electron chi connectivity index (χ1n) is 13.3. The Balaban J connectivity index is 1.29. The summed E-state index contributed by atoms with van der Waals surface area (Å²) in [5.74, 6) is 0.691. The summed E-state index contributed by atoms with van der Waals surface area (Å²) in [7, 11) is -0.571. The number of aryl methyl sites for hydroxylation is 1. The highest BCUT2D eigenvalue weighted by atomic mass is 32.2. The van der Waals surface area contributed by atoms with E-state index in [1.54, 1.807) is 49.3 Å². The molecule has 4 aromatic rings. The normalized spacial score (nSPS) is 14.3. The number of halogens is 1. The zero-order valence-electron chi connectivity index (χ0n) is 22.6. The average Bonchev–Trinajstić information content (AvgIpc) is 3.40. The predicted octanol–water partition coefficient (Wildman–Crippen LogP) is 5.57. The lowest BCUT2D eigenvalue weighted by Crippen LogP contribution is -2.31. The summed E-state index contributed by atoms with van der Waals surface area (Å²) in [6, 6.07) is 10.5. The number of rotatable bonds is 11. The lowest BCUT2D eigenvalue weighted by atomic mass is 10.1. The molecule has 0 atom stereocenters. The largest absolute Gasteiger partial charge is 0.493 e. The van der Waals surface area contributed by atoms with E-state index >= 15 is 4.39 Å². The molecule has 1 N–H and O–H groups in total. The summed E-state index contributed by atoms with van der Waals surface area (Å²) in [6.07, 6.45) is 9.40. The van der Waals surface area contributed by atoms with Gasteiger partial charge in [0, 0.05) is 49.7 Å². The van der Waals surface area contributed by atoms with Crippen molar-refractivity contribution in [3.8, 4) is 23.0 Å². The van der Waals surface area contributed by atoms with Gasteiger partial charge < -0.3 is 23.7 Å². The molecule has 212 valence electrons. The lowest BCUT2D eigenvalue weighted by molar-refractivity contribution is 0.203. The van der Waals surface area contributed by atoms with Gasteiger partial charge in [0.05, 0.1) is 24.9 Å². The van der Waals surface area contributed by atoms with Crippen LogP contribution < -0.4 is 18.9 Å². The van der Waals surface area contributed by atoms with Crippen molar-refractivity contribution in [3.05, 3.63) is 66.9 Å². The number of methoxy groups -OCH3 is 1. The molecule has 5 rings (SSSR count). The highest BCUT2D eigenvalue weighted by Crippen LogP contribution is 2.38. The van der Waals surface area contributed by atoms with Gasteiger partial charge in [-0.3, -0.25) is 9.71 Å². The van der Waals surface area contributed by atoms with Gasteiger partial charge in [0.1, 0.15) is 10.6 Å². The van der Waals surface area contributed by atoms with Crippen LogP contribution in [-0.2, 0) is 17.1 Å². The number of likely N-dealkylation sites (tertiary alicyclic amines) is 1. The van der Waals surface area contributed by atoms with Crippen molar-refractivity contribution in [1.82, 2.24) is 14.5 Å². The van der Waals surface area contributed by atoms with Crippen LogP contribution >= 0.6 is 0 Å². The number of fused-ring (bicyclic) bond motifs is 1. The highest BCUT2D eigenvalue weighted by Gasteiger charge is 2.18. The molecule has 2 aromatic carbocycles. The Morgan fingerprint density at radius 3 is 2.55 bits per heavy atom. The number of anilines is 1. The van der Waals surface area contributed by atoms with Gasteiger partial charge in [0.25, 0.3) is 10.0 Å². The maximum Gasteiger partial charge on any atom is 0.263 e. The van der Waals surface area contributed by atoms with Crippen LogP contribution in [0.2, 0.25) is 0 Å². The Morgan fingerprint density at radius 1 is 1.00 bits per heavy atom. The SMILES string of the molecule is COc1cc2c(Oc3ccc(NS(=O)(=O)c4ccn(C)c4)cc3F)ccnc2cc1OCCCN1CCCCC1. The first-order valence-corrected chi connectivity index (χ1v) is 14.7. The number of hydrogen-bond acceptors (Lipinski definition) is 7. The second kappa shape index (κ2) is 12.1. The fourth-order valence-corrected chi connectivity index (χ4v) is 5.86. The zero-order chi connectivity index (χ0) is 28.1. The van der Waals surface area contributed by atoms with Gasteiger partial charge >= 0.3 is 0 Å². The van der Waals surface area contributed by atoms with Crippen molar-refractivity contribution < 1.29 is 27.0 Å². The van der Waals surface area contributed by atoms with E-state index < -0.39 is 15.8 Å². The van der Waals surface area contributed by atoms with Crippen LogP contribution in [0.4, 0.5) is 10.1 Å². The lowest BCUT2D eigenvalue weighted by Gasteiger charge is -2.26. The predicted molar refractivity (Wildman–Crippen MR) is 151 cm³/mol. The van der Waals surface area contributed by atoms with Crippen molar-refractivity contribution in [1.29, 1.82) is 0 Å². The molecule has 0 spiro atoms. The van der Waals surface area contributed by atoms with Crippen LogP contribution in [0.15, 0.2) is 66.0 Å². The number of aromatic nitrogens is 2. The molecule has 40 heavy (non-hydrogen) atoms. The molecule has 9 nitrogen and oxygen atoms in total. The van der Waals surface area contributed by atoms with E-state index in [2.05, 4.69) is 14.6 Å². The average molecular weight is 569 g/mol. The second-order valence-electron chi connectivity index (χ2n) is 9.80. The van der Waals surface area contributed by atoms with Crippen molar-refractivity contribution in [2.45, 2.75) is 30.6 Å². The Bertz CT molecular complexity index is 1580. The zero-order valence-corrected chi connectivity index (χ0v) is 23.4. The molecule has 0 bridgehead atoms. The summed E-state index contributed by atoms with van der Waals surface area (Å²) in [5, 5.41) is 0.619. The number of hydrogen-bond donors (Lipinski definition) is 1. The van der Waals surface area contributed by atoms with Crippen LogP contribution in [0.5, 0.6) is 23.0 Å². The summed E-state index contributed by atoms with van der Waals surface area (Å²) in [6.45, 7) is 3.86. The topological polar surface area (TPSA) is 94.9 Å². The second-order valence-corrected chi connectivity index (χ2v) is 11.5. The van der Waals surface area contributed by atoms with Gasteiger partial charge in [0.2, 0.25) is 0 Å². The summed E-state index contributed by atoms with van der Waals surface area (Å²) in [4.78, 5) is 6.99. The molecule has 0 saturated carbocycles. The number of benzene rings is 2. The Labute approximate surface area is 233 Å². The van der Waals surface area contributed by atoms with E-state index in [-0.39, 0.29) is 16.3 Å². The molecule has 11 heteroatoms. The molecule has 1 aliphatic rings. The Hall–Kier alpha value is -3.83. The van der Waals surface area contributed by atoms with Crippen LogP contribution in [0, 0.1) is 5.82 Å². The molecule has 2 aromatic heterocycles. The van der Waals surface area contributed by atoms with Crippen LogP contribution in [0.1, 0.15) is 25.7 Å². The molecule has 0 amide bonds. The van der Waals surface area contributed by atoms with Gasteiger partial charge in [0.15, 0.2) is 23.1 Å². The van der Waals surface area contributed by atoms with Crippen LogP contribution in [0.3, 0.4) is 0 Å². The standard InChI is InChI=1S/C29H33FN4O5S/c1-33-15-10-22(20-33)40(35,36)32-21-7-8-27(24(30)17-21)39-26-9-11-31-25-19-29(28(37-2)18-23(25)26)38-16-6-14-34-12-4-3-5-13-34/h7-11,15,17-20,32H,3-6,12-14,16H2,1-2H3. The maximum absolute atomic E-state index is 15.0. The van der Waals surface area contributed by atoms with Gasteiger partial charge in [-0.15, -0.1) is 0 Å². The Kier molecular flexibility index (Phi) is 8.41. The van der Waals surface area contributed by atoms with Crippen LogP contribution in [0.25, 0.3) is 10.9 Å². The van der Waals surface area contributed by atoms with E-state index in [1.807, 2.05) is 0 Å². The molecule has 1 fully saturated rings. The van der Waals surface area contributed by atoms with Gasteiger partial charge in [-0.2, -0.15) is 0 Å². The number of nitrogens with one attached hydrogen (secondary N) is 1. The minimum absolute atomic E-state index is 0.0628. The monoisotopic (exact) mass is 568 g/mol. The number of piperidine rings is 1. The Morgan fingerprint density at radius 2 is 1.82 bits per heavy atom. The third-order valence-corrected chi connectivity index (χ3v) is 8.20. The summed E-state index contributed by atoms with van der Waals surface area (Å²) >= 11 is 0. The summed E-state index contributed by atoms with van der Waals surface area (Å²) < 4.78 is 61.7. The third-order valence-electron chi connectivity index (χ3n) is 6.83. The number of pyridine rings is 1. The smallest absolute Gasteiger partial charge is 0.263 e. The van der Waals surface area contributed by atoms with E-state index in [0.717, 1.165) is 32.1 Å². The fourth-order valence-electron chi connectivity index (χ4n) is 4.76. The highest BCUT2D eigenvalue weighted by molar-refractivity contribution is 7.92.